The first-order valence-electron chi connectivity index (χ1n) is 8.35. The van der Waals surface area contributed by atoms with Crippen LogP contribution in [0.15, 0.2) is 60.8 Å². The summed E-state index contributed by atoms with van der Waals surface area (Å²) in [7, 11) is 0. The number of ether oxygens (including phenoxy) is 1. The molecule has 24 heavy (non-hydrogen) atoms. The Labute approximate surface area is 142 Å². The van der Waals surface area contributed by atoms with Gasteiger partial charge < -0.3 is 9.64 Å². The fourth-order valence-corrected chi connectivity index (χ4v) is 2.79. The van der Waals surface area contributed by atoms with E-state index >= 15 is 0 Å². The van der Waals surface area contributed by atoms with Crippen LogP contribution in [0.1, 0.15) is 24.1 Å². The van der Waals surface area contributed by atoms with E-state index in [4.69, 9.17) is 4.74 Å². The molecule has 0 radical (unpaired) electrons. The van der Waals surface area contributed by atoms with E-state index in [9.17, 15) is 4.79 Å². The molecule has 3 rings (SSSR count). The van der Waals surface area contributed by atoms with Crippen molar-refractivity contribution in [2.75, 3.05) is 13.2 Å². The zero-order valence-electron chi connectivity index (χ0n) is 13.7. The van der Waals surface area contributed by atoms with Crippen LogP contribution in [0.4, 0.5) is 0 Å². The fraction of sp³-hybridized carbons (Fsp3) is 0.300. The molecule has 1 amide bonds. The SMILES string of the molecule is O=C(/C=C/c1ccccc1)N(Cc1ccccn1)CC1CCCO1. The number of amides is 1. The first-order chi connectivity index (χ1) is 11.8. The second-order valence-corrected chi connectivity index (χ2v) is 5.92. The Bertz CT molecular complexity index is 665. The average molecular weight is 322 g/mol. The van der Waals surface area contributed by atoms with E-state index in [-0.39, 0.29) is 12.0 Å². The minimum absolute atomic E-state index is 0.0139. The molecule has 0 N–H and O–H groups in total. The molecular formula is C20H22N2O2. The molecule has 4 heteroatoms. The van der Waals surface area contributed by atoms with Gasteiger partial charge in [-0.05, 0) is 36.6 Å². The Morgan fingerprint density at radius 1 is 1.21 bits per heavy atom. The van der Waals surface area contributed by atoms with Gasteiger partial charge in [-0.1, -0.05) is 36.4 Å². The molecule has 0 spiro atoms. The van der Waals surface area contributed by atoms with Crippen LogP contribution in [0.2, 0.25) is 0 Å². The lowest BCUT2D eigenvalue weighted by Crippen LogP contribution is -2.36. The van der Waals surface area contributed by atoms with Crippen molar-refractivity contribution in [2.45, 2.75) is 25.5 Å². The van der Waals surface area contributed by atoms with Crippen molar-refractivity contribution in [2.24, 2.45) is 0 Å². The van der Waals surface area contributed by atoms with Crippen LogP contribution >= 0.6 is 0 Å². The largest absolute Gasteiger partial charge is 0.376 e. The van der Waals surface area contributed by atoms with Crippen LogP contribution in [0.5, 0.6) is 0 Å². The first-order valence-corrected chi connectivity index (χ1v) is 8.35. The van der Waals surface area contributed by atoms with Crippen molar-refractivity contribution in [1.29, 1.82) is 0 Å². The Hall–Kier alpha value is -2.46. The van der Waals surface area contributed by atoms with Gasteiger partial charge in [0.1, 0.15) is 0 Å². The number of hydrogen-bond donors (Lipinski definition) is 0. The van der Waals surface area contributed by atoms with Gasteiger partial charge in [-0.2, -0.15) is 0 Å². The highest BCUT2D eigenvalue weighted by molar-refractivity contribution is 5.91. The molecule has 2 heterocycles. The molecule has 1 aliphatic rings. The molecular weight excluding hydrogens is 300 g/mol. The number of pyridine rings is 1. The third-order valence-electron chi connectivity index (χ3n) is 4.06. The van der Waals surface area contributed by atoms with E-state index < -0.39 is 0 Å². The van der Waals surface area contributed by atoms with Gasteiger partial charge in [-0.15, -0.1) is 0 Å². The van der Waals surface area contributed by atoms with E-state index in [1.165, 1.54) is 0 Å². The van der Waals surface area contributed by atoms with E-state index in [2.05, 4.69) is 4.98 Å². The predicted molar refractivity (Wildman–Crippen MR) is 94.1 cm³/mol. The van der Waals surface area contributed by atoms with Crippen LogP contribution in [-0.4, -0.2) is 35.0 Å². The Balaban J connectivity index is 1.70. The van der Waals surface area contributed by atoms with Gasteiger partial charge >= 0.3 is 0 Å². The lowest BCUT2D eigenvalue weighted by molar-refractivity contribution is -0.128. The van der Waals surface area contributed by atoms with Gasteiger partial charge in [-0.25, -0.2) is 0 Å². The number of carbonyl (C=O) groups is 1. The summed E-state index contributed by atoms with van der Waals surface area (Å²) >= 11 is 0. The van der Waals surface area contributed by atoms with E-state index in [1.807, 2.05) is 59.5 Å². The zero-order chi connectivity index (χ0) is 16.6. The molecule has 0 bridgehead atoms. The van der Waals surface area contributed by atoms with Crippen molar-refractivity contribution in [3.63, 3.8) is 0 Å². The third kappa shape index (κ3) is 4.77. The molecule has 1 aromatic carbocycles. The number of nitrogens with zero attached hydrogens (tertiary/aromatic N) is 2. The summed E-state index contributed by atoms with van der Waals surface area (Å²) < 4.78 is 5.70. The smallest absolute Gasteiger partial charge is 0.247 e. The van der Waals surface area contributed by atoms with Gasteiger partial charge in [0, 0.05) is 25.4 Å². The average Bonchev–Trinajstić information content (AvgIpc) is 3.14. The minimum atomic E-state index is -0.0139. The maximum Gasteiger partial charge on any atom is 0.247 e. The van der Waals surface area contributed by atoms with Crippen LogP contribution in [-0.2, 0) is 16.1 Å². The molecule has 1 aromatic heterocycles. The minimum Gasteiger partial charge on any atom is -0.376 e. The zero-order valence-corrected chi connectivity index (χ0v) is 13.7. The molecule has 0 aliphatic carbocycles. The number of hydrogen-bond acceptors (Lipinski definition) is 3. The van der Waals surface area contributed by atoms with Crippen LogP contribution in [0.25, 0.3) is 6.08 Å². The van der Waals surface area contributed by atoms with Crippen molar-refractivity contribution in [3.05, 3.63) is 72.1 Å². The Morgan fingerprint density at radius 2 is 2.04 bits per heavy atom. The molecule has 1 atom stereocenters. The second kappa shape index (κ2) is 8.41. The standard InChI is InChI=1S/C20H22N2O2/c23-20(12-11-17-7-2-1-3-8-17)22(16-19-10-6-14-24-19)15-18-9-4-5-13-21-18/h1-5,7-9,11-13,19H,6,10,14-16H2/b12-11+. The van der Waals surface area contributed by atoms with E-state index in [0.29, 0.717) is 13.1 Å². The normalized spacial score (nSPS) is 17.2. The summed E-state index contributed by atoms with van der Waals surface area (Å²) in [6, 6.07) is 15.6. The van der Waals surface area contributed by atoms with Gasteiger partial charge in [0.25, 0.3) is 0 Å². The summed E-state index contributed by atoms with van der Waals surface area (Å²) in [5.41, 5.74) is 1.90. The number of carbonyl (C=O) groups excluding carboxylic acids is 1. The molecule has 1 fully saturated rings. The Morgan fingerprint density at radius 3 is 2.75 bits per heavy atom. The lowest BCUT2D eigenvalue weighted by Gasteiger charge is -2.24. The molecule has 0 saturated carbocycles. The van der Waals surface area contributed by atoms with Gasteiger partial charge in [0.05, 0.1) is 18.3 Å². The topological polar surface area (TPSA) is 42.4 Å². The predicted octanol–water partition coefficient (Wildman–Crippen LogP) is 3.30. The van der Waals surface area contributed by atoms with Gasteiger partial charge in [0.2, 0.25) is 5.91 Å². The molecule has 1 saturated heterocycles. The first kappa shape index (κ1) is 16.4. The van der Waals surface area contributed by atoms with Crippen molar-refractivity contribution >= 4 is 12.0 Å². The molecule has 2 aromatic rings. The molecule has 1 unspecified atom stereocenters. The molecule has 124 valence electrons. The van der Waals surface area contributed by atoms with Crippen molar-refractivity contribution in [1.82, 2.24) is 9.88 Å². The quantitative estimate of drug-likeness (QED) is 0.766. The Kier molecular flexibility index (Phi) is 5.75. The second-order valence-electron chi connectivity index (χ2n) is 5.92. The summed E-state index contributed by atoms with van der Waals surface area (Å²) in [4.78, 5) is 18.8. The fourth-order valence-electron chi connectivity index (χ4n) is 2.79. The number of rotatable bonds is 6. The van der Waals surface area contributed by atoms with E-state index in [1.54, 1.807) is 12.3 Å². The third-order valence-corrected chi connectivity index (χ3v) is 4.06. The lowest BCUT2D eigenvalue weighted by atomic mass is 10.2. The number of aromatic nitrogens is 1. The summed E-state index contributed by atoms with van der Waals surface area (Å²) in [5, 5.41) is 0. The summed E-state index contributed by atoms with van der Waals surface area (Å²) in [5.74, 6) is -0.0139. The number of benzene rings is 1. The van der Waals surface area contributed by atoms with Crippen molar-refractivity contribution < 1.29 is 9.53 Å². The highest BCUT2D eigenvalue weighted by atomic mass is 16.5. The maximum atomic E-state index is 12.7. The summed E-state index contributed by atoms with van der Waals surface area (Å²) in [6.45, 7) is 1.89. The van der Waals surface area contributed by atoms with Crippen LogP contribution < -0.4 is 0 Å². The maximum absolute atomic E-state index is 12.7. The monoisotopic (exact) mass is 322 g/mol. The summed E-state index contributed by atoms with van der Waals surface area (Å²) in [6.07, 6.45) is 7.44. The van der Waals surface area contributed by atoms with Gasteiger partial charge in [-0.3, -0.25) is 9.78 Å². The van der Waals surface area contributed by atoms with Crippen LogP contribution in [0.3, 0.4) is 0 Å². The van der Waals surface area contributed by atoms with Crippen molar-refractivity contribution in [3.8, 4) is 0 Å². The van der Waals surface area contributed by atoms with Gasteiger partial charge in [0.15, 0.2) is 0 Å². The highest BCUT2D eigenvalue weighted by Crippen LogP contribution is 2.15. The molecule has 4 nitrogen and oxygen atoms in total. The highest BCUT2D eigenvalue weighted by Gasteiger charge is 2.21. The van der Waals surface area contributed by atoms with Crippen LogP contribution in [0, 0.1) is 0 Å². The van der Waals surface area contributed by atoms with E-state index in [0.717, 1.165) is 30.7 Å². The molecule has 1 aliphatic heterocycles.